The second kappa shape index (κ2) is 7.80. The van der Waals surface area contributed by atoms with Crippen LogP contribution in [0.25, 0.3) is 0 Å². The Balaban J connectivity index is 1.59. The molecule has 0 radical (unpaired) electrons. The highest BCUT2D eigenvalue weighted by molar-refractivity contribution is 7.89. The van der Waals surface area contributed by atoms with Gasteiger partial charge in [0.15, 0.2) is 0 Å². The van der Waals surface area contributed by atoms with Gasteiger partial charge >= 0.3 is 0 Å². The molecule has 7 nitrogen and oxygen atoms in total. The first-order chi connectivity index (χ1) is 12.3. The van der Waals surface area contributed by atoms with E-state index in [2.05, 4.69) is 16.0 Å². The maximum atomic E-state index is 12.1. The normalized spacial score (nSPS) is 21.8. The fraction of sp³-hybridized carbons (Fsp3) is 0.722. The van der Waals surface area contributed by atoms with Crippen LogP contribution in [0.15, 0.2) is 18.3 Å². The van der Waals surface area contributed by atoms with Crippen LogP contribution in [0.1, 0.15) is 25.3 Å². The SMILES string of the molecule is CCS(=O)(=O)N1CCC2(CC1)CN(Cc1ccc(N(C)C)nc1)CCO2. The molecular formula is C18H30N4O3S. The predicted octanol–water partition coefficient (Wildman–Crippen LogP) is 1.16. The maximum absolute atomic E-state index is 12.1. The molecular weight excluding hydrogens is 352 g/mol. The average molecular weight is 383 g/mol. The molecule has 1 aromatic rings. The van der Waals surface area contributed by atoms with Gasteiger partial charge in [-0.15, -0.1) is 0 Å². The van der Waals surface area contributed by atoms with Gasteiger partial charge in [0.2, 0.25) is 10.0 Å². The molecule has 0 saturated carbocycles. The van der Waals surface area contributed by atoms with E-state index in [0.29, 0.717) is 19.7 Å². The van der Waals surface area contributed by atoms with Gasteiger partial charge in [-0.1, -0.05) is 6.07 Å². The molecule has 8 heteroatoms. The first kappa shape index (κ1) is 19.5. The highest BCUT2D eigenvalue weighted by Gasteiger charge is 2.41. The molecule has 1 aromatic heterocycles. The number of hydrogen-bond donors (Lipinski definition) is 0. The van der Waals surface area contributed by atoms with Crippen molar-refractivity contribution in [2.24, 2.45) is 0 Å². The minimum absolute atomic E-state index is 0.170. The van der Waals surface area contributed by atoms with Crippen molar-refractivity contribution in [1.29, 1.82) is 0 Å². The minimum Gasteiger partial charge on any atom is -0.372 e. The molecule has 1 spiro atoms. The third-order valence-electron chi connectivity index (χ3n) is 5.39. The van der Waals surface area contributed by atoms with Crippen LogP contribution in [0.3, 0.4) is 0 Å². The second-order valence-electron chi connectivity index (χ2n) is 7.46. The number of pyridine rings is 1. The quantitative estimate of drug-likeness (QED) is 0.762. The Bertz CT molecular complexity index is 698. The van der Waals surface area contributed by atoms with Gasteiger partial charge in [0, 0.05) is 53.0 Å². The Morgan fingerprint density at radius 2 is 1.96 bits per heavy atom. The number of morpholine rings is 1. The molecule has 0 unspecified atom stereocenters. The van der Waals surface area contributed by atoms with Crippen LogP contribution in [0.5, 0.6) is 0 Å². The summed E-state index contributed by atoms with van der Waals surface area (Å²) in [5, 5.41) is 0. The van der Waals surface area contributed by atoms with Crippen molar-refractivity contribution < 1.29 is 13.2 Å². The molecule has 0 amide bonds. The van der Waals surface area contributed by atoms with Crippen LogP contribution < -0.4 is 4.90 Å². The molecule has 0 aliphatic carbocycles. The summed E-state index contributed by atoms with van der Waals surface area (Å²) >= 11 is 0. The van der Waals surface area contributed by atoms with E-state index in [9.17, 15) is 8.42 Å². The summed E-state index contributed by atoms with van der Waals surface area (Å²) in [6.07, 6.45) is 3.47. The van der Waals surface area contributed by atoms with Gasteiger partial charge < -0.3 is 9.64 Å². The lowest BCUT2D eigenvalue weighted by atomic mass is 9.90. The number of nitrogens with zero attached hydrogens (tertiary/aromatic N) is 4. The number of sulfonamides is 1. The first-order valence-electron chi connectivity index (χ1n) is 9.30. The molecule has 0 N–H and O–H groups in total. The molecule has 0 atom stereocenters. The van der Waals surface area contributed by atoms with Gasteiger partial charge in [-0.05, 0) is 31.4 Å². The Labute approximate surface area is 157 Å². The van der Waals surface area contributed by atoms with E-state index < -0.39 is 10.0 Å². The van der Waals surface area contributed by atoms with Gasteiger partial charge in [-0.3, -0.25) is 4.90 Å². The molecule has 0 aromatic carbocycles. The fourth-order valence-electron chi connectivity index (χ4n) is 3.75. The van der Waals surface area contributed by atoms with E-state index in [1.165, 1.54) is 5.56 Å². The van der Waals surface area contributed by atoms with Crippen molar-refractivity contribution in [1.82, 2.24) is 14.2 Å². The van der Waals surface area contributed by atoms with Crippen molar-refractivity contribution in [3.8, 4) is 0 Å². The van der Waals surface area contributed by atoms with E-state index in [0.717, 1.165) is 38.3 Å². The monoisotopic (exact) mass is 382 g/mol. The average Bonchev–Trinajstić information content (AvgIpc) is 2.63. The van der Waals surface area contributed by atoms with Crippen LogP contribution in [0.4, 0.5) is 5.82 Å². The molecule has 2 aliphatic heterocycles. The van der Waals surface area contributed by atoms with E-state index in [4.69, 9.17) is 4.74 Å². The third-order valence-corrected chi connectivity index (χ3v) is 7.27. The number of anilines is 1. The summed E-state index contributed by atoms with van der Waals surface area (Å²) in [4.78, 5) is 8.88. The first-order valence-corrected chi connectivity index (χ1v) is 10.9. The Morgan fingerprint density at radius 3 is 2.54 bits per heavy atom. The van der Waals surface area contributed by atoms with Crippen LogP contribution in [-0.2, 0) is 21.3 Å². The fourth-order valence-corrected chi connectivity index (χ4v) is 4.85. The summed E-state index contributed by atoms with van der Waals surface area (Å²) in [7, 11) is 0.872. The molecule has 3 heterocycles. The smallest absolute Gasteiger partial charge is 0.213 e. The van der Waals surface area contributed by atoms with Crippen molar-refractivity contribution in [3.05, 3.63) is 23.9 Å². The van der Waals surface area contributed by atoms with Crippen LogP contribution in [0.2, 0.25) is 0 Å². The van der Waals surface area contributed by atoms with Crippen LogP contribution in [-0.4, -0.2) is 80.8 Å². The van der Waals surface area contributed by atoms with Crippen LogP contribution in [0, 0.1) is 0 Å². The summed E-state index contributed by atoms with van der Waals surface area (Å²) < 4.78 is 31.9. The number of rotatable bonds is 5. The van der Waals surface area contributed by atoms with Gasteiger partial charge in [0.25, 0.3) is 0 Å². The van der Waals surface area contributed by atoms with Gasteiger partial charge in [0.1, 0.15) is 5.82 Å². The minimum atomic E-state index is -3.10. The Kier molecular flexibility index (Phi) is 5.86. The third kappa shape index (κ3) is 4.36. The zero-order chi connectivity index (χ0) is 18.8. The molecule has 0 bridgehead atoms. The topological polar surface area (TPSA) is 66.0 Å². The summed E-state index contributed by atoms with van der Waals surface area (Å²) in [5.74, 6) is 1.12. The number of ether oxygens (including phenoxy) is 1. The summed E-state index contributed by atoms with van der Waals surface area (Å²) in [6.45, 7) is 6.11. The molecule has 2 aliphatic rings. The zero-order valence-corrected chi connectivity index (χ0v) is 16.8. The van der Waals surface area contributed by atoms with Crippen LogP contribution >= 0.6 is 0 Å². The zero-order valence-electron chi connectivity index (χ0n) is 16.0. The van der Waals surface area contributed by atoms with Gasteiger partial charge in [-0.2, -0.15) is 0 Å². The lowest BCUT2D eigenvalue weighted by Gasteiger charge is -2.47. The highest BCUT2D eigenvalue weighted by atomic mass is 32.2. The second-order valence-corrected chi connectivity index (χ2v) is 9.72. The molecule has 146 valence electrons. The van der Waals surface area contributed by atoms with E-state index in [-0.39, 0.29) is 11.4 Å². The number of piperidine rings is 1. The van der Waals surface area contributed by atoms with E-state index >= 15 is 0 Å². The lowest BCUT2D eigenvalue weighted by Crippen LogP contribution is -2.57. The van der Waals surface area contributed by atoms with Crippen molar-refractivity contribution in [2.75, 3.05) is 57.5 Å². The maximum Gasteiger partial charge on any atom is 0.213 e. The van der Waals surface area contributed by atoms with Gasteiger partial charge in [-0.25, -0.2) is 17.7 Å². The number of hydrogen-bond acceptors (Lipinski definition) is 6. The molecule has 2 fully saturated rings. The lowest BCUT2D eigenvalue weighted by molar-refractivity contribution is -0.131. The standard InChI is InChI=1S/C18H30N4O3S/c1-4-26(23,24)22-9-7-18(8-10-22)15-21(11-12-25-18)14-16-5-6-17(19-13-16)20(2)3/h5-6,13H,4,7-12,14-15H2,1-3H3. The van der Waals surface area contributed by atoms with E-state index in [1.807, 2.05) is 31.3 Å². The van der Waals surface area contributed by atoms with Gasteiger partial charge in [0.05, 0.1) is 18.0 Å². The molecule has 26 heavy (non-hydrogen) atoms. The molecule has 3 rings (SSSR count). The summed E-state index contributed by atoms with van der Waals surface area (Å²) in [6, 6.07) is 4.17. The number of aromatic nitrogens is 1. The van der Waals surface area contributed by atoms with Crippen molar-refractivity contribution in [3.63, 3.8) is 0 Å². The van der Waals surface area contributed by atoms with Crippen molar-refractivity contribution in [2.45, 2.75) is 31.9 Å². The predicted molar refractivity (Wildman–Crippen MR) is 103 cm³/mol. The highest BCUT2D eigenvalue weighted by Crippen LogP contribution is 2.31. The summed E-state index contributed by atoms with van der Waals surface area (Å²) in [5.41, 5.74) is 0.980. The van der Waals surface area contributed by atoms with E-state index in [1.54, 1.807) is 11.2 Å². The largest absolute Gasteiger partial charge is 0.372 e. The van der Waals surface area contributed by atoms with Crippen molar-refractivity contribution >= 4 is 15.8 Å². The Hall–Kier alpha value is -1.22. The molecule has 2 saturated heterocycles. The Morgan fingerprint density at radius 1 is 1.23 bits per heavy atom.